The monoisotopic (exact) mass is 711 g/mol. The third-order valence-electron chi connectivity index (χ3n) is 9.81. The van der Waals surface area contributed by atoms with Gasteiger partial charge in [-0.1, -0.05) is 78.3 Å². The van der Waals surface area contributed by atoms with Crippen LogP contribution in [0, 0.1) is 23.7 Å². The summed E-state index contributed by atoms with van der Waals surface area (Å²) in [5.74, 6) is -0.324. The van der Waals surface area contributed by atoms with Gasteiger partial charge in [0.25, 0.3) is 5.91 Å². The van der Waals surface area contributed by atoms with Gasteiger partial charge in [0.05, 0.1) is 6.04 Å². The van der Waals surface area contributed by atoms with Crippen LogP contribution in [0.3, 0.4) is 0 Å². The molecular weight excluding hydrogens is 651 g/mol. The van der Waals surface area contributed by atoms with Gasteiger partial charge >= 0.3 is 6.09 Å². The number of rotatable bonds is 17. The maximum Gasteiger partial charge on any atom is 0.409 e. The molecule has 3 amide bonds. The molecule has 1 N–H and O–H groups in total. The molecule has 5 atom stereocenters. The number of carbonyl (C=O) groups excluding carboxylic acids is 4. The molecule has 1 aliphatic heterocycles. The predicted octanol–water partition coefficient (Wildman–Crippen LogP) is 6.86. The van der Waals surface area contributed by atoms with Crippen LogP contribution in [0.15, 0.2) is 35.7 Å². The van der Waals surface area contributed by atoms with E-state index in [-0.39, 0.29) is 59.7 Å². The second-order valence-electron chi connectivity index (χ2n) is 15.3. The molecule has 50 heavy (non-hydrogen) atoms. The highest BCUT2D eigenvalue weighted by atomic mass is 32.1. The molecule has 1 fully saturated rings. The second-order valence-corrected chi connectivity index (χ2v) is 16.2. The highest BCUT2D eigenvalue weighted by Gasteiger charge is 2.37. The lowest BCUT2D eigenvalue weighted by atomic mass is 9.84. The van der Waals surface area contributed by atoms with Crippen LogP contribution in [-0.2, 0) is 20.7 Å². The first-order valence-corrected chi connectivity index (χ1v) is 19.1. The lowest BCUT2D eigenvalue weighted by Crippen LogP contribution is -2.48. The molecule has 0 radical (unpaired) electrons. The smallest absolute Gasteiger partial charge is 0.409 e. The first kappa shape index (κ1) is 41.1. The van der Waals surface area contributed by atoms with E-state index in [2.05, 4.69) is 36.2 Å². The van der Waals surface area contributed by atoms with Crippen LogP contribution >= 0.6 is 11.3 Å². The van der Waals surface area contributed by atoms with Crippen LogP contribution in [-0.4, -0.2) is 96.2 Å². The van der Waals surface area contributed by atoms with E-state index in [1.165, 1.54) is 16.2 Å². The minimum atomic E-state index is -0.787. The topological polar surface area (TPSA) is 112 Å². The van der Waals surface area contributed by atoms with Gasteiger partial charge in [0, 0.05) is 57.4 Å². The fraction of sp³-hybridized carbons (Fsp3) is 0.667. The third-order valence-corrected chi connectivity index (χ3v) is 10.7. The van der Waals surface area contributed by atoms with Crippen LogP contribution in [0.5, 0.6) is 0 Å². The summed E-state index contributed by atoms with van der Waals surface area (Å²) in [6.07, 6.45) is 3.64. The van der Waals surface area contributed by atoms with E-state index in [0.29, 0.717) is 23.8 Å². The van der Waals surface area contributed by atoms with Crippen molar-refractivity contribution in [3.63, 3.8) is 0 Å². The van der Waals surface area contributed by atoms with Crippen LogP contribution in [0.2, 0.25) is 0 Å². The number of benzene rings is 1. The Bertz CT molecular complexity index is 1390. The van der Waals surface area contributed by atoms with E-state index in [9.17, 15) is 19.2 Å². The molecule has 2 aromatic rings. The van der Waals surface area contributed by atoms with Crippen LogP contribution in [0.4, 0.5) is 4.79 Å². The number of thiazole rings is 1. The number of amides is 3. The summed E-state index contributed by atoms with van der Waals surface area (Å²) in [7, 11) is 7.01. The summed E-state index contributed by atoms with van der Waals surface area (Å²) in [6.45, 7) is 13.2. The zero-order valence-electron chi connectivity index (χ0n) is 32.0. The average molecular weight is 712 g/mol. The number of Topliss-reactive ketones (excluding diaryl/α,β-unsaturated/α-hetero) is 1. The number of ketones is 1. The number of ether oxygens (including phenoxy) is 1. The average Bonchev–Trinajstić information content (AvgIpc) is 3.55. The molecule has 3 rings (SSSR count). The van der Waals surface area contributed by atoms with Crippen molar-refractivity contribution in [2.75, 3.05) is 34.7 Å². The van der Waals surface area contributed by atoms with Crippen molar-refractivity contribution in [1.29, 1.82) is 0 Å². The maximum atomic E-state index is 14.2. The summed E-state index contributed by atoms with van der Waals surface area (Å²) >= 11 is 1.27. The number of carbonyl (C=O) groups is 4. The van der Waals surface area contributed by atoms with Gasteiger partial charge in [-0.2, -0.15) is 0 Å². The van der Waals surface area contributed by atoms with Gasteiger partial charge in [-0.25, -0.2) is 9.78 Å². The van der Waals surface area contributed by atoms with E-state index >= 15 is 0 Å². The number of hydrogen-bond donors (Lipinski definition) is 1. The Balaban J connectivity index is 1.82. The van der Waals surface area contributed by atoms with E-state index in [1.54, 1.807) is 31.4 Å². The highest BCUT2D eigenvalue weighted by molar-refractivity contribution is 7.09. The van der Waals surface area contributed by atoms with Gasteiger partial charge in [0.1, 0.15) is 10.7 Å². The molecule has 278 valence electrons. The molecule has 1 aromatic carbocycles. The molecule has 11 heteroatoms. The van der Waals surface area contributed by atoms with Gasteiger partial charge in [0.2, 0.25) is 5.91 Å². The van der Waals surface area contributed by atoms with Crippen molar-refractivity contribution in [3.8, 4) is 0 Å². The van der Waals surface area contributed by atoms with Gasteiger partial charge in [-0.05, 0) is 62.6 Å². The number of likely N-dealkylation sites (tertiary alicyclic amines) is 1. The molecule has 0 bridgehead atoms. The van der Waals surface area contributed by atoms with Gasteiger partial charge in [0.15, 0.2) is 11.9 Å². The largest absolute Gasteiger partial charge is 0.439 e. The molecule has 0 unspecified atom stereocenters. The summed E-state index contributed by atoms with van der Waals surface area (Å²) in [4.78, 5) is 64.0. The van der Waals surface area contributed by atoms with E-state index in [0.717, 1.165) is 37.8 Å². The standard InChI is InChI=1S/C39H61N5O5S/c1-25(2)20-29(21-28-16-12-11-13-17-28)40-36(46)31-24-50-37(41-31)35(49-39(48)42(7)8)23-33(27(5)6)44(10)38(47)30(26(3)4)22-34(45)32-18-14-15-19-43(32)9/h11-13,16-17,24-27,29-30,32-33,35H,14-15,18-23H2,1-10H3,(H,40,46)/t29-,30+,32-,33-,35-/m1/s1. The molecule has 0 aliphatic carbocycles. The Hall–Kier alpha value is -3.31. The van der Waals surface area contributed by atoms with Crippen molar-refractivity contribution in [2.24, 2.45) is 23.7 Å². The second kappa shape index (κ2) is 19.3. The van der Waals surface area contributed by atoms with Crippen molar-refractivity contribution in [3.05, 3.63) is 52.0 Å². The molecular formula is C39H61N5O5S. The number of nitrogens with zero attached hydrogens (tertiary/aromatic N) is 4. The number of nitrogens with one attached hydrogen (secondary N) is 1. The normalized spacial score (nSPS) is 17.7. The van der Waals surface area contributed by atoms with E-state index in [1.807, 2.05) is 52.9 Å². The fourth-order valence-electron chi connectivity index (χ4n) is 6.85. The third kappa shape index (κ3) is 11.9. The minimum Gasteiger partial charge on any atom is -0.439 e. The van der Waals surface area contributed by atoms with Gasteiger partial charge in [-0.3, -0.25) is 19.3 Å². The quantitative estimate of drug-likeness (QED) is 0.191. The van der Waals surface area contributed by atoms with Gasteiger partial charge < -0.3 is 19.9 Å². The SMILES string of the molecule is CC(C)C[C@H](Cc1ccccc1)NC(=O)c1csc([C@@H](C[C@H](C(C)C)N(C)C(=O)[C@@H](CC(=O)[C@H]2CCCCN2C)C(C)C)OC(=O)N(C)C)n1. The first-order chi connectivity index (χ1) is 23.6. The number of likely N-dealkylation sites (N-methyl/N-ethyl adjacent to an activating group) is 1. The lowest BCUT2D eigenvalue weighted by Gasteiger charge is -2.37. The molecule has 0 saturated carbocycles. The highest BCUT2D eigenvalue weighted by Crippen LogP contribution is 2.32. The molecule has 0 spiro atoms. The summed E-state index contributed by atoms with van der Waals surface area (Å²) in [5, 5.41) is 5.39. The van der Waals surface area contributed by atoms with Crippen molar-refractivity contribution in [2.45, 2.75) is 111 Å². The Labute approximate surface area is 304 Å². The Morgan fingerprint density at radius 3 is 2.24 bits per heavy atom. The molecule has 2 heterocycles. The molecule has 1 aromatic heterocycles. The van der Waals surface area contributed by atoms with Crippen LogP contribution in [0.25, 0.3) is 0 Å². The van der Waals surface area contributed by atoms with Crippen molar-refractivity contribution >= 4 is 35.0 Å². The number of aromatic nitrogens is 1. The van der Waals surface area contributed by atoms with Crippen molar-refractivity contribution in [1.82, 2.24) is 25.0 Å². The Morgan fingerprint density at radius 1 is 0.980 bits per heavy atom. The first-order valence-electron chi connectivity index (χ1n) is 18.3. The minimum absolute atomic E-state index is 0.00927. The Kier molecular flexibility index (Phi) is 15.9. The number of hydrogen-bond acceptors (Lipinski definition) is 8. The zero-order valence-corrected chi connectivity index (χ0v) is 32.8. The Morgan fingerprint density at radius 2 is 1.66 bits per heavy atom. The molecule has 1 aliphatic rings. The number of piperidine rings is 1. The predicted molar refractivity (Wildman–Crippen MR) is 200 cm³/mol. The van der Waals surface area contributed by atoms with Crippen LogP contribution in [0.1, 0.15) is 107 Å². The zero-order chi connectivity index (χ0) is 37.1. The van der Waals surface area contributed by atoms with E-state index in [4.69, 9.17) is 9.72 Å². The summed E-state index contributed by atoms with van der Waals surface area (Å²) in [6, 6.07) is 9.57. The fourth-order valence-corrected chi connectivity index (χ4v) is 7.69. The van der Waals surface area contributed by atoms with E-state index < -0.39 is 18.1 Å². The summed E-state index contributed by atoms with van der Waals surface area (Å²) in [5.41, 5.74) is 1.42. The lowest BCUT2D eigenvalue weighted by molar-refractivity contribution is -0.142. The summed E-state index contributed by atoms with van der Waals surface area (Å²) < 4.78 is 5.98. The van der Waals surface area contributed by atoms with Gasteiger partial charge in [-0.15, -0.1) is 11.3 Å². The van der Waals surface area contributed by atoms with Crippen molar-refractivity contribution < 1.29 is 23.9 Å². The van der Waals surface area contributed by atoms with Crippen LogP contribution < -0.4 is 5.32 Å². The molecule has 10 nitrogen and oxygen atoms in total. The maximum absolute atomic E-state index is 14.2. The molecule has 1 saturated heterocycles.